The molecule has 7 heteroatoms. The van der Waals surface area contributed by atoms with Gasteiger partial charge in [0.15, 0.2) is 0 Å². The minimum Gasteiger partial charge on any atom is -0.383 e. The van der Waals surface area contributed by atoms with Crippen LogP contribution in [0.3, 0.4) is 0 Å². The quantitative estimate of drug-likeness (QED) is 0.872. The van der Waals surface area contributed by atoms with Gasteiger partial charge in [0.05, 0.1) is 25.0 Å². The lowest BCUT2D eigenvalue weighted by molar-refractivity contribution is 0.182. The Morgan fingerprint density at radius 3 is 3.10 bits per heavy atom. The van der Waals surface area contributed by atoms with E-state index in [9.17, 15) is 4.79 Å². The van der Waals surface area contributed by atoms with Crippen LogP contribution in [0.15, 0.2) is 11.0 Å². The molecule has 0 aromatic carbocycles. The maximum absolute atomic E-state index is 12.1. The molecule has 0 saturated heterocycles. The van der Waals surface area contributed by atoms with Crippen molar-refractivity contribution in [1.82, 2.24) is 9.78 Å². The molecule has 112 valence electrons. The first kappa shape index (κ1) is 15.7. The van der Waals surface area contributed by atoms with Gasteiger partial charge in [0.2, 0.25) is 0 Å². The molecule has 1 heterocycles. The first-order chi connectivity index (χ1) is 9.67. The Morgan fingerprint density at radius 1 is 1.60 bits per heavy atom. The second kappa shape index (κ2) is 7.33. The van der Waals surface area contributed by atoms with E-state index < -0.39 is 0 Å². The number of methoxy groups -OCH3 is 1. The first-order valence-electron chi connectivity index (χ1n) is 6.71. The molecule has 0 bridgehead atoms. The Hall–Kier alpha value is -0.720. The number of hydrogen-bond donors (Lipinski definition) is 1. The number of rotatable bonds is 6. The van der Waals surface area contributed by atoms with Gasteiger partial charge >= 0.3 is 0 Å². The summed E-state index contributed by atoms with van der Waals surface area (Å²) in [5, 5.41) is 8.30. The summed E-state index contributed by atoms with van der Waals surface area (Å²) >= 11 is 8.02. The Balaban J connectivity index is 2.13. The van der Waals surface area contributed by atoms with E-state index in [4.69, 9.17) is 16.3 Å². The van der Waals surface area contributed by atoms with E-state index in [-0.39, 0.29) is 10.6 Å². The van der Waals surface area contributed by atoms with Gasteiger partial charge in [-0.3, -0.25) is 4.79 Å². The van der Waals surface area contributed by atoms with Crippen LogP contribution in [0.1, 0.15) is 19.3 Å². The van der Waals surface area contributed by atoms with Crippen molar-refractivity contribution in [2.75, 3.05) is 25.3 Å². The minimum absolute atomic E-state index is 0.211. The van der Waals surface area contributed by atoms with Crippen LogP contribution in [-0.4, -0.2) is 41.0 Å². The molecule has 2 atom stereocenters. The molecule has 2 unspecified atom stereocenters. The Labute approximate surface area is 128 Å². The van der Waals surface area contributed by atoms with E-state index in [1.54, 1.807) is 13.3 Å². The fraction of sp³-hybridized carbons (Fsp3) is 0.692. The number of halogens is 1. The predicted octanol–water partition coefficient (Wildman–Crippen LogP) is 2.24. The van der Waals surface area contributed by atoms with Crippen molar-refractivity contribution >= 4 is 29.1 Å². The average molecular weight is 318 g/mol. The number of nitrogens with zero attached hydrogens (tertiary/aromatic N) is 2. The molecule has 2 rings (SSSR count). The number of ether oxygens (including phenoxy) is 1. The molecule has 1 aliphatic rings. The summed E-state index contributed by atoms with van der Waals surface area (Å²) < 4.78 is 6.28. The summed E-state index contributed by atoms with van der Waals surface area (Å²) in [5.41, 5.74) is 0.365. The maximum Gasteiger partial charge on any atom is 0.287 e. The lowest BCUT2D eigenvalue weighted by atomic mass is 10.2. The van der Waals surface area contributed by atoms with E-state index in [2.05, 4.69) is 16.7 Å². The molecule has 0 amide bonds. The van der Waals surface area contributed by atoms with Crippen LogP contribution in [0, 0.1) is 0 Å². The fourth-order valence-corrected chi connectivity index (χ4v) is 3.61. The molecule has 1 aromatic rings. The molecule has 5 nitrogen and oxygen atoms in total. The van der Waals surface area contributed by atoms with E-state index in [1.807, 2.05) is 11.8 Å². The largest absolute Gasteiger partial charge is 0.383 e. The summed E-state index contributed by atoms with van der Waals surface area (Å²) in [4.78, 5) is 12.1. The molecule has 0 spiro atoms. The van der Waals surface area contributed by atoms with Crippen molar-refractivity contribution in [2.45, 2.75) is 37.1 Å². The fourth-order valence-electron chi connectivity index (χ4n) is 2.48. The van der Waals surface area contributed by atoms with Gasteiger partial charge in [-0.15, -0.1) is 0 Å². The summed E-state index contributed by atoms with van der Waals surface area (Å²) in [5.74, 6) is 0. The summed E-state index contributed by atoms with van der Waals surface area (Å²) in [6.07, 6.45) is 7.27. The van der Waals surface area contributed by atoms with Crippen molar-refractivity contribution < 1.29 is 4.74 Å². The van der Waals surface area contributed by atoms with Gasteiger partial charge in [0.25, 0.3) is 5.56 Å². The van der Waals surface area contributed by atoms with E-state index >= 15 is 0 Å². The Kier molecular flexibility index (Phi) is 5.74. The summed E-state index contributed by atoms with van der Waals surface area (Å²) in [6.45, 7) is 0.847. The van der Waals surface area contributed by atoms with Gasteiger partial charge in [-0.25, -0.2) is 4.68 Å². The highest BCUT2D eigenvalue weighted by atomic mass is 35.5. The number of aromatic nitrogens is 2. The number of anilines is 1. The van der Waals surface area contributed by atoms with Crippen molar-refractivity contribution in [1.29, 1.82) is 0 Å². The SMILES string of the molecule is COCCn1ncc(NC2CCCC2SC)c(Cl)c1=O. The zero-order chi connectivity index (χ0) is 14.5. The molecule has 1 aliphatic carbocycles. The molecule has 20 heavy (non-hydrogen) atoms. The Morgan fingerprint density at radius 2 is 2.40 bits per heavy atom. The molecule has 1 aromatic heterocycles. The van der Waals surface area contributed by atoms with Crippen molar-refractivity contribution in [3.63, 3.8) is 0 Å². The topological polar surface area (TPSA) is 56.1 Å². The van der Waals surface area contributed by atoms with Crippen LogP contribution in [0.25, 0.3) is 0 Å². The van der Waals surface area contributed by atoms with Crippen LogP contribution in [0.4, 0.5) is 5.69 Å². The Bertz CT molecular complexity index is 509. The highest BCUT2D eigenvalue weighted by Crippen LogP contribution is 2.31. The normalized spacial score (nSPS) is 22.1. The monoisotopic (exact) mass is 317 g/mol. The number of nitrogens with one attached hydrogen (secondary N) is 1. The van der Waals surface area contributed by atoms with Crippen LogP contribution >= 0.6 is 23.4 Å². The highest BCUT2D eigenvalue weighted by Gasteiger charge is 2.27. The second-order valence-electron chi connectivity index (χ2n) is 4.85. The highest BCUT2D eigenvalue weighted by molar-refractivity contribution is 7.99. The smallest absolute Gasteiger partial charge is 0.287 e. The summed E-state index contributed by atoms with van der Waals surface area (Å²) in [7, 11) is 1.59. The maximum atomic E-state index is 12.1. The lowest BCUT2D eigenvalue weighted by Gasteiger charge is -2.21. The molecule has 0 radical (unpaired) electrons. The molecule has 1 N–H and O–H groups in total. The van der Waals surface area contributed by atoms with Gasteiger partial charge in [0, 0.05) is 18.4 Å². The number of hydrogen-bond acceptors (Lipinski definition) is 5. The molecular formula is C13H20ClN3O2S. The zero-order valence-corrected chi connectivity index (χ0v) is 13.3. The third-order valence-electron chi connectivity index (χ3n) is 3.59. The third kappa shape index (κ3) is 3.48. The van der Waals surface area contributed by atoms with Crippen molar-refractivity contribution in [3.8, 4) is 0 Å². The molecule has 0 aliphatic heterocycles. The van der Waals surface area contributed by atoms with E-state index in [1.165, 1.54) is 17.5 Å². The van der Waals surface area contributed by atoms with Gasteiger partial charge in [-0.1, -0.05) is 18.0 Å². The predicted molar refractivity (Wildman–Crippen MR) is 83.9 cm³/mol. The van der Waals surface area contributed by atoms with Crippen LogP contribution < -0.4 is 10.9 Å². The van der Waals surface area contributed by atoms with E-state index in [0.717, 1.165) is 6.42 Å². The van der Waals surface area contributed by atoms with Crippen molar-refractivity contribution in [3.05, 3.63) is 21.6 Å². The average Bonchev–Trinajstić information content (AvgIpc) is 2.90. The third-order valence-corrected chi connectivity index (χ3v) is 5.12. The van der Waals surface area contributed by atoms with Crippen LogP contribution in [-0.2, 0) is 11.3 Å². The van der Waals surface area contributed by atoms with Crippen LogP contribution in [0.5, 0.6) is 0 Å². The van der Waals surface area contributed by atoms with Gasteiger partial charge < -0.3 is 10.1 Å². The second-order valence-corrected chi connectivity index (χ2v) is 6.30. The van der Waals surface area contributed by atoms with Gasteiger partial charge in [0.1, 0.15) is 5.02 Å². The van der Waals surface area contributed by atoms with Crippen molar-refractivity contribution in [2.24, 2.45) is 0 Å². The molecule has 1 saturated carbocycles. The van der Waals surface area contributed by atoms with E-state index in [0.29, 0.717) is 30.1 Å². The first-order valence-corrected chi connectivity index (χ1v) is 8.38. The van der Waals surface area contributed by atoms with Gasteiger partial charge in [-0.05, 0) is 19.1 Å². The lowest BCUT2D eigenvalue weighted by Crippen LogP contribution is -2.30. The minimum atomic E-state index is -0.271. The summed E-state index contributed by atoms with van der Waals surface area (Å²) in [6, 6.07) is 0.360. The zero-order valence-electron chi connectivity index (χ0n) is 11.8. The molecular weight excluding hydrogens is 298 g/mol. The van der Waals surface area contributed by atoms with Gasteiger partial charge in [-0.2, -0.15) is 16.9 Å². The molecule has 1 fully saturated rings. The van der Waals surface area contributed by atoms with Crippen LogP contribution in [0.2, 0.25) is 5.02 Å². The standard InChI is InChI=1S/C13H20ClN3O2S/c1-19-7-6-17-13(18)12(14)10(8-15-17)16-9-4-3-5-11(9)20-2/h8-9,11,16H,3-7H2,1-2H3. The number of thioether (sulfide) groups is 1.